The summed E-state index contributed by atoms with van der Waals surface area (Å²) in [6, 6.07) is 0. The molecule has 0 radical (unpaired) electrons. The number of anilines is 1. The Morgan fingerprint density at radius 2 is 2.47 bits per heavy atom. The van der Waals surface area contributed by atoms with E-state index in [9.17, 15) is 0 Å². The van der Waals surface area contributed by atoms with Gasteiger partial charge in [0.05, 0.1) is 17.2 Å². The molecule has 1 aromatic rings. The van der Waals surface area contributed by atoms with E-state index < -0.39 is 0 Å². The Balaban J connectivity index is 2.13. The molecule has 0 saturated carbocycles. The first kappa shape index (κ1) is 11.3. The summed E-state index contributed by atoms with van der Waals surface area (Å²) in [4.78, 5) is 10.4. The van der Waals surface area contributed by atoms with Gasteiger partial charge in [-0.15, -0.1) is 0 Å². The van der Waals surface area contributed by atoms with Crippen LogP contribution in [0.3, 0.4) is 0 Å². The first-order valence-electron chi connectivity index (χ1n) is 4.69. The molecular weight excluding hydrogens is 326 g/mol. The molecule has 2 heterocycles. The molecule has 1 atom stereocenters. The number of morpholine rings is 1. The standard InChI is InChI=1S/C9H11Br2N3O/c10-3-7-5-14(1-2-15-7)9-8(11)4-12-6-13-9/h4,6-7H,1-3,5H2. The minimum absolute atomic E-state index is 0.237. The lowest BCUT2D eigenvalue weighted by atomic mass is 10.3. The predicted molar refractivity (Wildman–Crippen MR) is 65.5 cm³/mol. The van der Waals surface area contributed by atoms with E-state index in [0.29, 0.717) is 0 Å². The van der Waals surface area contributed by atoms with Crippen molar-refractivity contribution in [2.24, 2.45) is 0 Å². The predicted octanol–water partition coefficient (Wildman–Crippen LogP) is 1.84. The fraction of sp³-hybridized carbons (Fsp3) is 0.556. The lowest BCUT2D eigenvalue weighted by Gasteiger charge is -2.33. The summed E-state index contributed by atoms with van der Waals surface area (Å²) in [5.74, 6) is 0.944. The van der Waals surface area contributed by atoms with Gasteiger partial charge in [0.15, 0.2) is 0 Å². The Morgan fingerprint density at radius 3 is 3.20 bits per heavy atom. The van der Waals surface area contributed by atoms with Crippen LogP contribution in [0.1, 0.15) is 0 Å². The Kier molecular flexibility index (Phi) is 3.93. The first-order chi connectivity index (χ1) is 7.31. The Hall–Kier alpha value is -0.200. The molecule has 1 aliphatic heterocycles. The third kappa shape index (κ3) is 2.68. The van der Waals surface area contributed by atoms with Crippen molar-refractivity contribution in [2.75, 3.05) is 29.9 Å². The fourth-order valence-corrected chi connectivity index (χ4v) is 2.41. The highest BCUT2D eigenvalue weighted by atomic mass is 79.9. The van der Waals surface area contributed by atoms with Gasteiger partial charge in [0, 0.05) is 24.6 Å². The van der Waals surface area contributed by atoms with Gasteiger partial charge >= 0.3 is 0 Å². The minimum atomic E-state index is 0.237. The van der Waals surface area contributed by atoms with Crippen LogP contribution in [0.15, 0.2) is 17.0 Å². The van der Waals surface area contributed by atoms with Crippen LogP contribution >= 0.6 is 31.9 Å². The van der Waals surface area contributed by atoms with Crippen LogP contribution in [0, 0.1) is 0 Å². The van der Waals surface area contributed by atoms with Crippen LogP contribution in [0.25, 0.3) is 0 Å². The van der Waals surface area contributed by atoms with E-state index in [2.05, 4.69) is 46.7 Å². The van der Waals surface area contributed by atoms with Crippen molar-refractivity contribution in [1.29, 1.82) is 0 Å². The van der Waals surface area contributed by atoms with Crippen LogP contribution in [0.2, 0.25) is 0 Å². The molecule has 4 nitrogen and oxygen atoms in total. The molecule has 2 rings (SSSR count). The molecule has 0 aliphatic carbocycles. The third-order valence-corrected chi connectivity index (χ3v) is 3.54. The number of nitrogens with zero attached hydrogens (tertiary/aromatic N) is 3. The second-order valence-electron chi connectivity index (χ2n) is 3.29. The smallest absolute Gasteiger partial charge is 0.146 e. The second-order valence-corrected chi connectivity index (χ2v) is 4.79. The molecule has 1 saturated heterocycles. The number of hydrogen-bond acceptors (Lipinski definition) is 4. The van der Waals surface area contributed by atoms with Gasteiger partial charge in [-0.3, -0.25) is 0 Å². The van der Waals surface area contributed by atoms with Crippen molar-refractivity contribution in [3.63, 3.8) is 0 Å². The van der Waals surface area contributed by atoms with E-state index in [1.54, 1.807) is 12.5 Å². The number of hydrogen-bond donors (Lipinski definition) is 0. The maximum absolute atomic E-state index is 5.57. The highest BCUT2D eigenvalue weighted by Crippen LogP contribution is 2.23. The summed E-state index contributed by atoms with van der Waals surface area (Å²) in [5, 5.41) is 0.853. The lowest BCUT2D eigenvalue weighted by molar-refractivity contribution is 0.0567. The van der Waals surface area contributed by atoms with E-state index in [0.717, 1.165) is 35.3 Å². The number of halogens is 2. The molecule has 15 heavy (non-hydrogen) atoms. The Labute approximate surface area is 105 Å². The Morgan fingerprint density at radius 1 is 1.60 bits per heavy atom. The van der Waals surface area contributed by atoms with E-state index in [1.165, 1.54) is 0 Å². The zero-order chi connectivity index (χ0) is 10.7. The lowest BCUT2D eigenvalue weighted by Crippen LogP contribution is -2.43. The summed E-state index contributed by atoms with van der Waals surface area (Å²) >= 11 is 6.89. The van der Waals surface area contributed by atoms with Gasteiger partial charge in [-0.05, 0) is 15.9 Å². The molecular formula is C9H11Br2N3O. The molecule has 0 N–H and O–H groups in total. The molecule has 0 amide bonds. The fourth-order valence-electron chi connectivity index (χ4n) is 1.54. The van der Waals surface area contributed by atoms with E-state index in [1.807, 2.05) is 0 Å². The van der Waals surface area contributed by atoms with Crippen LogP contribution in [0.4, 0.5) is 5.82 Å². The van der Waals surface area contributed by atoms with Gasteiger partial charge in [0.25, 0.3) is 0 Å². The second kappa shape index (κ2) is 5.23. The average Bonchev–Trinajstić information content (AvgIpc) is 2.30. The maximum Gasteiger partial charge on any atom is 0.146 e. The zero-order valence-electron chi connectivity index (χ0n) is 8.07. The van der Waals surface area contributed by atoms with E-state index in [4.69, 9.17) is 4.74 Å². The van der Waals surface area contributed by atoms with Gasteiger partial charge in [0.2, 0.25) is 0 Å². The highest BCUT2D eigenvalue weighted by Gasteiger charge is 2.21. The van der Waals surface area contributed by atoms with Gasteiger partial charge in [-0.1, -0.05) is 15.9 Å². The van der Waals surface area contributed by atoms with Crippen molar-refractivity contribution in [3.8, 4) is 0 Å². The molecule has 1 unspecified atom stereocenters. The van der Waals surface area contributed by atoms with E-state index in [-0.39, 0.29) is 6.10 Å². The number of aromatic nitrogens is 2. The normalized spacial score (nSPS) is 21.7. The maximum atomic E-state index is 5.57. The number of ether oxygens (including phenoxy) is 1. The quantitative estimate of drug-likeness (QED) is 0.772. The van der Waals surface area contributed by atoms with Gasteiger partial charge < -0.3 is 9.64 Å². The molecule has 0 aromatic carbocycles. The third-order valence-electron chi connectivity index (χ3n) is 2.26. The monoisotopic (exact) mass is 335 g/mol. The number of alkyl halides is 1. The largest absolute Gasteiger partial charge is 0.374 e. The summed E-state index contributed by atoms with van der Waals surface area (Å²) in [7, 11) is 0. The van der Waals surface area contributed by atoms with Crippen molar-refractivity contribution >= 4 is 37.7 Å². The zero-order valence-corrected chi connectivity index (χ0v) is 11.2. The molecule has 1 fully saturated rings. The highest BCUT2D eigenvalue weighted by molar-refractivity contribution is 9.10. The molecule has 6 heteroatoms. The summed E-state index contributed by atoms with van der Waals surface area (Å²) in [6.07, 6.45) is 3.57. The molecule has 1 aromatic heterocycles. The van der Waals surface area contributed by atoms with Gasteiger partial charge in [-0.2, -0.15) is 0 Å². The molecule has 0 spiro atoms. The van der Waals surface area contributed by atoms with Crippen molar-refractivity contribution in [2.45, 2.75) is 6.10 Å². The molecule has 1 aliphatic rings. The van der Waals surface area contributed by atoms with Crippen molar-refractivity contribution in [1.82, 2.24) is 9.97 Å². The first-order valence-corrected chi connectivity index (χ1v) is 6.60. The van der Waals surface area contributed by atoms with Crippen molar-refractivity contribution < 1.29 is 4.74 Å². The SMILES string of the molecule is BrCC1CN(c2ncncc2Br)CCO1. The van der Waals surface area contributed by atoms with Gasteiger partial charge in [-0.25, -0.2) is 9.97 Å². The van der Waals surface area contributed by atoms with Crippen LogP contribution < -0.4 is 4.90 Å². The summed E-state index contributed by atoms with van der Waals surface area (Å²) in [5.41, 5.74) is 0. The Bertz CT molecular complexity index is 337. The summed E-state index contributed by atoms with van der Waals surface area (Å²) in [6.45, 7) is 2.48. The minimum Gasteiger partial charge on any atom is -0.374 e. The topological polar surface area (TPSA) is 38.2 Å². The molecule has 82 valence electrons. The van der Waals surface area contributed by atoms with E-state index >= 15 is 0 Å². The van der Waals surface area contributed by atoms with Crippen LogP contribution in [0.5, 0.6) is 0 Å². The van der Waals surface area contributed by atoms with Crippen LogP contribution in [-0.4, -0.2) is 41.1 Å². The average molecular weight is 337 g/mol. The van der Waals surface area contributed by atoms with Gasteiger partial charge in [0.1, 0.15) is 12.1 Å². The van der Waals surface area contributed by atoms with Crippen molar-refractivity contribution in [3.05, 3.63) is 17.0 Å². The number of rotatable bonds is 2. The summed E-state index contributed by atoms with van der Waals surface area (Å²) < 4.78 is 6.50. The van der Waals surface area contributed by atoms with Crippen LogP contribution in [-0.2, 0) is 4.74 Å². The molecule has 0 bridgehead atoms.